The van der Waals surface area contributed by atoms with Gasteiger partial charge in [-0.25, -0.2) is 0 Å². The van der Waals surface area contributed by atoms with Gasteiger partial charge >= 0.3 is 0 Å². The highest BCUT2D eigenvalue weighted by Crippen LogP contribution is 2.49. The van der Waals surface area contributed by atoms with Crippen molar-refractivity contribution in [3.05, 3.63) is 0 Å². The van der Waals surface area contributed by atoms with Crippen molar-refractivity contribution in [2.45, 2.75) is 96.4 Å². The third-order valence-electron chi connectivity index (χ3n) is 6.59. The molecule has 3 saturated carbocycles. The van der Waals surface area contributed by atoms with Crippen molar-refractivity contribution in [1.29, 1.82) is 0 Å². The van der Waals surface area contributed by atoms with Crippen LogP contribution in [0.3, 0.4) is 0 Å². The van der Waals surface area contributed by atoms with Gasteiger partial charge in [0.1, 0.15) is 0 Å². The molecule has 0 bridgehead atoms. The van der Waals surface area contributed by atoms with Gasteiger partial charge in [-0.15, -0.1) is 0 Å². The summed E-state index contributed by atoms with van der Waals surface area (Å²) in [5.74, 6) is 0. The molecule has 110 valence electrons. The summed E-state index contributed by atoms with van der Waals surface area (Å²) >= 11 is 0. The van der Waals surface area contributed by atoms with Crippen LogP contribution in [-0.2, 0) is 0 Å². The summed E-state index contributed by atoms with van der Waals surface area (Å²) in [6, 6.07) is 0.838. The van der Waals surface area contributed by atoms with Crippen LogP contribution in [0.25, 0.3) is 0 Å². The quantitative estimate of drug-likeness (QED) is 0.751. The molecule has 1 heteroatoms. The third-order valence-corrected chi connectivity index (χ3v) is 6.59. The van der Waals surface area contributed by atoms with Crippen LogP contribution in [-0.4, -0.2) is 12.6 Å². The van der Waals surface area contributed by atoms with Crippen LogP contribution < -0.4 is 5.32 Å². The third kappa shape index (κ3) is 3.35. The average molecular weight is 263 g/mol. The highest BCUT2D eigenvalue weighted by Gasteiger charge is 2.37. The van der Waals surface area contributed by atoms with Gasteiger partial charge in [0.15, 0.2) is 0 Å². The lowest BCUT2D eigenvalue weighted by atomic mass is 9.71. The first-order valence-corrected chi connectivity index (χ1v) is 8.93. The maximum Gasteiger partial charge on any atom is 0.00677 e. The minimum Gasteiger partial charge on any atom is -0.313 e. The van der Waals surface area contributed by atoms with E-state index >= 15 is 0 Å². The zero-order valence-electron chi connectivity index (χ0n) is 13.0. The van der Waals surface area contributed by atoms with E-state index in [1.165, 1.54) is 90.0 Å². The van der Waals surface area contributed by atoms with E-state index in [1.807, 2.05) is 0 Å². The molecule has 0 radical (unpaired) electrons. The smallest absolute Gasteiger partial charge is 0.00677 e. The molecule has 0 amide bonds. The molecule has 19 heavy (non-hydrogen) atoms. The fourth-order valence-electron chi connectivity index (χ4n) is 5.03. The molecule has 1 nitrogen and oxygen atoms in total. The van der Waals surface area contributed by atoms with E-state index in [2.05, 4.69) is 12.2 Å². The Bertz CT molecular complexity index is 274. The number of rotatable bonds is 3. The highest BCUT2D eigenvalue weighted by atomic mass is 14.9. The van der Waals surface area contributed by atoms with Crippen molar-refractivity contribution in [3.8, 4) is 0 Å². The predicted molar refractivity (Wildman–Crippen MR) is 82.4 cm³/mol. The van der Waals surface area contributed by atoms with Crippen molar-refractivity contribution in [3.63, 3.8) is 0 Å². The molecular weight excluding hydrogens is 230 g/mol. The van der Waals surface area contributed by atoms with Gasteiger partial charge in [-0.3, -0.25) is 0 Å². The molecule has 3 aliphatic rings. The molecule has 0 heterocycles. The van der Waals surface area contributed by atoms with Gasteiger partial charge < -0.3 is 5.32 Å². The lowest BCUT2D eigenvalue weighted by molar-refractivity contribution is 0.147. The first kappa shape index (κ1) is 13.9. The summed E-state index contributed by atoms with van der Waals surface area (Å²) in [4.78, 5) is 0. The first-order chi connectivity index (χ1) is 9.20. The Kier molecular flexibility index (Phi) is 4.22. The van der Waals surface area contributed by atoms with Crippen LogP contribution in [0.4, 0.5) is 0 Å². The fourth-order valence-corrected chi connectivity index (χ4v) is 5.03. The van der Waals surface area contributed by atoms with Crippen LogP contribution in [0.5, 0.6) is 0 Å². The second kappa shape index (κ2) is 5.76. The van der Waals surface area contributed by atoms with Crippen LogP contribution >= 0.6 is 0 Å². The molecule has 1 spiro atoms. The molecule has 0 unspecified atom stereocenters. The second-order valence-electron chi connectivity index (χ2n) is 8.23. The van der Waals surface area contributed by atoms with Crippen LogP contribution in [0, 0.1) is 10.8 Å². The Hall–Kier alpha value is -0.0400. The normalized spacial score (nSPS) is 30.8. The number of nitrogens with one attached hydrogen (secondary N) is 1. The Morgan fingerprint density at radius 1 is 0.789 bits per heavy atom. The zero-order valence-corrected chi connectivity index (χ0v) is 13.0. The molecule has 3 fully saturated rings. The zero-order chi connectivity index (χ0) is 13.2. The molecule has 0 saturated heterocycles. The highest BCUT2D eigenvalue weighted by molar-refractivity contribution is 4.92. The Balaban J connectivity index is 1.42. The van der Waals surface area contributed by atoms with Gasteiger partial charge in [0.05, 0.1) is 0 Å². The maximum atomic E-state index is 3.94. The van der Waals surface area contributed by atoms with Crippen molar-refractivity contribution in [2.75, 3.05) is 6.54 Å². The predicted octanol–water partition coefficient (Wildman–Crippen LogP) is 5.05. The topological polar surface area (TPSA) is 12.0 Å². The molecule has 0 aromatic heterocycles. The van der Waals surface area contributed by atoms with E-state index in [4.69, 9.17) is 0 Å². The first-order valence-electron chi connectivity index (χ1n) is 8.93. The van der Waals surface area contributed by atoms with E-state index in [-0.39, 0.29) is 0 Å². The van der Waals surface area contributed by atoms with E-state index in [9.17, 15) is 0 Å². The van der Waals surface area contributed by atoms with E-state index in [0.29, 0.717) is 5.41 Å². The van der Waals surface area contributed by atoms with Crippen molar-refractivity contribution in [1.82, 2.24) is 5.32 Å². The molecule has 1 N–H and O–H groups in total. The van der Waals surface area contributed by atoms with Gasteiger partial charge in [0.25, 0.3) is 0 Å². The summed E-state index contributed by atoms with van der Waals surface area (Å²) in [5, 5.41) is 3.94. The summed E-state index contributed by atoms with van der Waals surface area (Å²) in [5.41, 5.74) is 1.41. The van der Waals surface area contributed by atoms with Crippen molar-refractivity contribution in [2.24, 2.45) is 10.8 Å². The van der Waals surface area contributed by atoms with E-state index < -0.39 is 0 Å². The van der Waals surface area contributed by atoms with Gasteiger partial charge in [-0.1, -0.05) is 39.0 Å². The SMILES string of the molecule is CC1(CNC2CCC3(CCCC3)CC2)CCCCC1. The van der Waals surface area contributed by atoms with Crippen LogP contribution in [0.2, 0.25) is 0 Å². The molecular formula is C18H33N. The number of hydrogen-bond acceptors (Lipinski definition) is 1. The monoisotopic (exact) mass is 263 g/mol. The average Bonchev–Trinajstić information content (AvgIpc) is 2.88. The van der Waals surface area contributed by atoms with Crippen LogP contribution in [0.1, 0.15) is 90.4 Å². The van der Waals surface area contributed by atoms with Gasteiger partial charge in [0.2, 0.25) is 0 Å². The maximum absolute atomic E-state index is 3.94. The molecule has 0 aromatic rings. The summed E-state index contributed by atoms with van der Waals surface area (Å²) in [7, 11) is 0. The molecule has 0 aliphatic heterocycles. The van der Waals surface area contributed by atoms with Crippen molar-refractivity contribution >= 4 is 0 Å². The summed E-state index contributed by atoms with van der Waals surface area (Å²) in [6.45, 7) is 3.80. The summed E-state index contributed by atoms with van der Waals surface area (Å²) in [6.07, 6.45) is 19.4. The standard InChI is InChI=1S/C18H33N/c1-17(9-3-2-4-10-17)15-19-16-7-13-18(14-8-16)11-5-6-12-18/h16,19H,2-15H2,1H3. The molecule has 0 atom stereocenters. The molecule has 3 aliphatic carbocycles. The molecule has 0 aromatic carbocycles. The van der Waals surface area contributed by atoms with Gasteiger partial charge in [-0.05, 0) is 62.2 Å². The minimum atomic E-state index is 0.612. The van der Waals surface area contributed by atoms with Gasteiger partial charge in [-0.2, -0.15) is 0 Å². The van der Waals surface area contributed by atoms with Crippen LogP contribution in [0.15, 0.2) is 0 Å². The Morgan fingerprint density at radius 2 is 1.37 bits per heavy atom. The van der Waals surface area contributed by atoms with E-state index in [1.54, 1.807) is 0 Å². The lowest BCUT2D eigenvalue weighted by Gasteiger charge is -2.40. The van der Waals surface area contributed by atoms with Gasteiger partial charge in [0, 0.05) is 12.6 Å². The Labute approximate surface area is 119 Å². The fraction of sp³-hybridized carbons (Fsp3) is 1.00. The second-order valence-corrected chi connectivity index (χ2v) is 8.23. The lowest BCUT2D eigenvalue weighted by Crippen LogP contribution is -2.42. The Morgan fingerprint density at radius 3 is 2.00 bits per heavy atom. The van der Waals surface area contributed by atoms with Crippen molar-refractivity contribution < 1.29 is 0 Å². The number of hydrogen-bond donors (Lipinski definition) is 1. The summed E-state index contributed by atoms with van der Waals surface area (Å²) < 4.78 is 0. The molecule has 3 rings (SSSR count). The largest absolute Gasteiger partial charge is 0.313 e. The van der Waals surface area contributed by atoms with E-state index in [0.717, 1.165) is 11.5 Å². The minimum absolute atomic E-state index is 0.612.